The Kier molecular flexibility index (Phi) is 8.91. The number of aliphatic hydroxyl groups is 1. The molecule has 0 bridgehead atoms. The summed E-state index contributed by atoms with van der Waals surface area (Å²) in [4.78, 5) is 20.2. The van der Waals surface area contributed by atoms with E-state index in [0.717, 1.165) is 26.3 Å². The molecule has 0 saturated carbocycles. The van der Waals surface area contributed by atoms with Gasteiger partial charge in [-0.25, -0.2) is 18.2 Å². The van der Waals surface area contributed by atoms with Crippen molar-refractivity contribution in [1.29, 1.82) is 0 Å². The number of aryl methyl sites for hydroxylation is 1. The lowest BCUT2D eigenvalue weighted by molar-refractivity contribution is -0.174. The summed E-state index contributed by atoms with van der Waals surface area (Å²) >= 11 is 0. The number of aldehydes is 1. The van der Waals surface area contributed by atoms with Gasteiger partial charge >= 0.3 is 6.18 Å². The number of aromatic amines is 2. The second kappa shape index (κ2) is 12.2. The number of H-pyrrole nitrogens is 2. The van der Waals surface area contributed by atoms with Gasteiger partial charge in [-0.3, -0.25) is 0 Å². The van der Waals surface area contributed by atoms with Crippen LogP contribution in [0.3, 0.4) is 0 Å². The number of fused-ring (bicyclic) bond motifs is 1. The summed E-state index contributed by atoms with van der Waals surface area (Å²) in [5.74, 6) is -2.46. The van der Waals surface area contributed by atoms with E-state index in [0.29, 0.717) is 22.9 Å². The summed E-state index contributed by atoms with van der Waals surface area (Å²) < 4.78 is 88.3. The maximum absolute atomic E-state index is 15.0. The van der Waals surface area contributed by atoms with Crippen LogP contribution in [0.1, 0.15) is 41.3 Å². The number of halogens is 6. The fourth-order valence-corrected chi connectivity index (χ4v) is 4.85. The third kappa shape index (κ3) is 5.69. The Balaban J connectivity index is 0.00000198. The van der Waals surface area contributed by atoms with Gasteiger partial charge in [0.25, 0.3) is 0 Å². The van der Waals surface area contributed by atoms with Gasteiger partial charge in [0.15, 0.2) is 0 Å². The Morgan fingerprint density at radius 3 is 2.43 bits per heavy atom. The highest BCUT2D eigenvalue weighted by Gasteiger charge is 2.54. The van der Waals surface area contributed by atoms with Gasteiger partial charge in [-0.1, -0.05) is 30.3 Å². The molecule has 0 saturated heterocycles. The van der Waals surface area contributed by atoms with Gasteiger partial charge in [0.2, 0.25) is 0 Å². The number of rotatable bonds is 8. The van der Waals surface area contributed by atoms with Crippen molar-refractivity contribution in [2.45, 2.75) is 37.8 Å². The van der Waals surface area contributed by atoms with Crippen LogP contribution in [0.15, 0.2) is 67.0 Å². The molecule has 0 radical (unpaired) electrons. The SMILES string of the molecule is CC(c1cccc(CCC=O)c1)(c1cnc(-c2cc(Cc3c(F)cc4[nH]ccc4c3F)ccc2F)[nH]1)C(F)(F)F.CO. The molecule has 3 aromatic carbocycles. The number of carbonyl (C=O) groups excluding carboxylic acids is 1. The zero-order valence-corrected chi connectivity index (χ0v) is 22.6. The molecule has 0 aliphatic rings. The van der Waals surface area contributed by atoms with Crippen LogP contribution >= 0.6 is 0 Å². The van der Waals surface area contributed by atoms with E-state index < -0.39 is 29.0 Å². The molecular formula is C31H27F6N3O2. The van der Waals surface area contributed by atoms with E-state index in [4.69, 9.17) is 5.11 Å². The van der Waals surface area contributed by atoms with Crippen LogP contribution in [0.5, 0.6) is 0 Å². The van der Waals surface area contributed by atoms with Gasteiger partial charge in [-0.05, 0) is 54.3 Å². The number of alkyl halides is 3. The van der Waals surface area contributed by atoms with Crippen LogP contribution in [0, 0.1) is 17.5 Å². The zero-order chi connectivity index (χ0) is 30.7. The highest BCUT2D eigenvalue weighted by atomic mass is 19.4. The molecular weight excluding hydrogens is 560 g/mol. The minimum atomic E-state index is -4.76. The number of hydrogen-bond acceptors (Lipinski definition) is 3. The summed E-state index contributed by atoms with van der Waals surface area (Å²) in [7, 11) is 1.00. The molecule has 1 atom stereocenters. The molecule has 0 aliphatic carbocycles. The number of nitrogens with zero attached hydrogens (tertiary/aromatic N) is 1. The summed E-state index contributed by atoms with van der Waals surface area (Å²) in [5, 5.41) is 7.20. The summed E-state index contributed by atoms with van der Waals surface area (Å²) in [6.45, 7) is 0.999. The first-order chi connectivity index (χ1) is 20.0. The highest BCUT2D eigenvalue weighted by Crippen LogP contribution is 2.46. The third-order valence-electron chi connectivity index (χ3n) is 7.24. The van der Waals surface area contributed by atoms with Crippen molar-refractivity contribution in [3.63, 3.8) is 0 Å². The van der Waals surface area contributed by atoms with Crippen molar-refractivity contribution in [3.05, 3.63) is 112 Å². The number of imidazole rings is 1. The summed E-state index contributed by atoms with van der Waals surface area (Å²) in [6.07, 6.45) is -1.33. The molecule has 2 heterocycles. The van der Waals surface area contributed by atoms with Gasteiger partial charge in [-0.15, -0.1) is 0 Å². The second-order valence-electron chi connectivity index (χ2n) is 9.75. The second-order valence-corrected chi connectivity index (χ2v) is 9.75. The topological polar surface area (TPSA) is 81.8 Å². The molecule has 11 heteroatoms. The summed E-state index contributed by atoms with van der Waals surface area (Å²) in [5.41, 5.74) is -2.08. The first-order valence-electron chi connectivity index (χ1n) is 12.9. The minimum absolute atomic E-state index is 0.0704. The Hall–Kier alpha value is -4.38. The molecule has 5 aromatic rings. The highest BCUT2D eigenvalue weighted by molar-refractivity contribution is 5.81. The van der Waals surface area contributed by atoms with Crippen LogP contribution in [0.2, 0.25) is 0 Å². The number of aromatic nitrogens is 3. The van der Waals surface area contributed by atoms with Gasteiger partial charge in [-0.2, -0.15) is 13.2 Å². The smallest absolute Gasteiger partial charge is 0.400 e. The fourth-order valence-electron chi connectivity index (χ4n) is 4.85. The predicted octanol–water partition coefficient (Wildman–Crippen LogP) is 7.17. The Labute approximate surface area is 237 Å². The number of carbonyl (C=O) groups is 1. The Morgan fingerprint density at radius 1 is 0.952 bits per heavy atom. The van der Waals surface area contributed by atoms with Gasteiger partial charge in [0.1, 0.15) is 35.0 Å². The number of aliphatic hydroxyl groups excluding tert-OH is 1. The monoisotopic (exact) mass is 587 g/mol. The quantitative estimate of drug-likeness (QED) is 0.133. The first kappa shape index (κ1) is 30.6. The largest absolute Gasteiger partial charge is 0.403 e. The zero-order valence-electron chi connectivity index (χ0n) is 22.6. The van der Waals surface area contributed by atoms with E-state index in [1.807, 2.05) is 0 Å². The average Bonchev–Trinajstić information content (AvgIpc) is 3.66. The van der Waals surface area contributed by atoms with Crippen molar-refractivity contribution in [2.24, 2.45) is 0 Å². The molecule has 5 rings (SSSR count). The normalized spacial score (nSPS) is 13.0. The molecule has 0 aliphatic heterocycles. The van der Waals surface area contributed by atoms with Gasteiger partial charge in [0.05, 0.1) is 16.8 Å². The molecule has 5 nitrogen and oxygen atoms in total. The van der Waals surface area contributed by atoms with Crippen LogP contribution in [0.4, 0.5) is 26.3 Å². The molecule has 220 valence electrons. The number of hydrogen-bond donors (Lipinski definition) is 3. The van der Waals surface area contributed by atoms with Crippen molar-refractivity contribution < 1.29 is 36.2 Å². The Morgan fingerprint density at radius 2 is 1.71 bits per heavy atom. The molecule has 0 spiro atoms. The predicted molar refractivity (Wildman–Crippen MR) is 146 cm³/mol. The fraction of sp³-hybridized carbons (Fsp3) is 0.226. The lowest BCUT2D eigenvalue weighted by Gasteiger charge is -2.32. The van der Waals surface area contributed by atoms with E-state index in [9.17, 15) is 31.1 Å². The van der Waals surface area contributed by atoms with Crippen LogP contribution < -0.4 is 0 Å². The molecule has 0 amide bonds. The van der Waals surface area contributed by atoms with Crippen molar-refractivity contribution in [2.75, 3.05) is 7.11 Å². The van der Waals surface area contributed by atoms with Crippen LogP contribution in [-0.2, 0) is 23.1 Å². The van der Waals surface area contributed by atoms with Crippen molar-refractivity contribution in [3.8, 4) is 11.4 Å². The third-order valence-corrected chi connectivity index (χ3v) is 7.24. The standard InChI is InChI=1S/C30H23F6N3O.CH4O/c1-29(30(34,35)36,19-6-2-4-17(12-19)5-3-11-40)26-16-38-28(39-26)22-14-18(7-8-23(22)31)13-21-24(32)15-25-20(27(21)33)9-10-37-25;1-2/h2,4,6-12,14-16,37H,3,5,13H2,1H3,(H,38,39);2H,1H3. The molecule has 1 unspecified atom stereocenters. The van der Waals surface area contributed by atoms with Crippen LogP contribution in [-0.4, -0.2) is 39.6 Å². The number of nitrogens with one attached hydrogen (secondary N) is 2. The van der Waals surface area contributed by atoms with E-state index in [1.54, 1.807) is 6.07 Å². The van der Waals surface area contributed by atoms with Gasteiger partial charge < -0.3 is 19.9 Å². The molecule has 0 fully saturated rings. The average molecular weight is 588 g/mol. The maximum Gasteiger partial charge on any atom is 0.403 e. The van der Waals surface area contributed by atoms with E-state index in [1.165, 1.54) is 48.7 Å². The molecule has 42 heavy (non-hydrogen) atoms. The molecule has 2 aromatic heterocycles. The number of benzene rings is 3. The lowest BCUT2D eigenvalue weighted by atomic mass is 9.78. The van der Waals surface area contributed by atoms with E-state index in [2.05, 4.69) is 15.0 Å². The van der Waals surface area contributed by atoms with E-state index in [-0.39, 0.29) is 52.9 Å². The van der Waals surface area contributed by atoms with Crippen molar-refractivity contribution >= 4 is 17.2 Å². The van der Waals surface area contributed by atoms with Gasteiger partial charge in [0, 0.05) is 43.3 Å². The first-order valence-corrected chi connectivity index (χ1v) is 12.9. The Bertz CT molecular complexity index is 1710. The summed E-state index contributed by atoms with van der Waals surface area (Å²) in [6, 6.07) is 12.2. The van der Waals surface area contributed by atoms with Crippen LogP contribution in [0.25, 0.3) is 22.3 Å². The van der Waals surface area contributed by atoms with E-state index >= 15 is 0 Å². The minimum Gasteiger partial charge on any atom is -0.400 e. The maximum atomic E-state index is 15.0. The molecule has 3 N–H and O–H groups in total. The lowest BCUT2D eigenvalue weighted by Crippen LogP contribution is -2.41. The van der Waals surface area contributed by atoms with Crippen molar-refractivity contribution in [1.82, 2.24) is 15.0 Å².